The smallest absolute Gasteiger partial charge is 0.407 e. The average Bonchev–Trinajstić information content (AvgIpc) is 2.68. The number of unbranched alkanes of at least 4 members (excludes halogenated alkanes) is 3. The summed E-state index contributed by atoms with van der Waals surface area (Å²) in [7, 11) is -3.25. The second kappa shape index (κ2) is 9.63. The molecule has 0 saturated carbocycles. The number of nitrogens with one attached hydrogen (secondary N) is 1. The number of alkyl carbamates (subject to hydrolysis) is 1. The van der Waals surface area contributed by atoms with Gasteiger partial charge in [0.05, 0.1) is 11.9 Å². The molecule has 1 N–H and O–H groups in total. The summed E-state index contributed by atoms with van der Waals surface area (Å²) in [6, 6.07) is 5.45. The molecule has 6 nitrogen and oxygen atoms in total. The molecule has 0 fully saturated rings. The number of amides is 1. The van der Waals surface area contributed by atoms with Gasteiger partial charge in [-0.05, 0) is 71.1 Å². The summed E-state index contributed by atoms with van der Waals surface area (Å²) in [4.78, 5) is 11.9. The fraction of sp³-hybridized carbons (Fsp3) is 0.667. The van der Waals surface area contributed by atoms with E-state index in [-0.39, 0.29) is 18.0 Å². The average molecular weight is 412 g/mol. The zero-order chi connectivity index (χ0) is 20.8. The second-order valence-corrected chi connectivity index (χ2v) is 10.5. The molecular formula is C21H33NO5S. The molecule has 1 aliphatic heterocycles. The third-order valence-electron chi connectivity index (χ3n) is 4.52. The van der Waals surface area contributed by atoms with Gasteiger partial charge >= 0.3 is 6.09 Å². The fourth-order valence-electron chi connectivity index (χ4n) is 3.08. The number of carbonyl (C=O) groups excluding carboxylic acids is 1. The molecule has 0 aliphatic carbocycles. The Balaban J connectivity index is 1.72. The van der Waals surface area contributed by atoms with Crippen LogP contribution in [-0.4, -0.2) is 38.5 Å². The van der Waals surface area contributed by atoms with Gasteiger partial charge in [0, 0.05) is 6.54 Å². The van der Waals surface area contributed by atoms with Crippen molar-refractivity contribution in [3.05, 3.63) is 23.8 Å². The van der Waals surface area contributed by atoms with Crippen LogP contribution in [-0.2, 0) is 21.0 Å². The van der Waals surface area contributed by atoms with Gasteiger partial charge in [-0.2, -0.15) is 0 Å². The van der Waals surface area contributed by atoms with Crippen molar-refractivity contribution in [3.63, 3.8) is 0 Å². The Labute approximate surface area is 168 Å². The molecule has 1 amide bonds. The molecule has 1 atom stereocenters. The lowest BCUT2D eigenvalue weighted by atomic mass is 10.1. The van der Waals surface area contributed by atoms with Gasteiger partial charge in [-0.3, -0.25) is 0 Å². The summed E-state index contributed by atoms with van der Waals surface area (Å²) in [5.41, 5.74) is 0.619. The van der Waals surface area contributed by atoms with Gasteiger partial charge in [-0.1, -0.05) is 18.9 Å². The van der Waals surface area contributed by atoms with Crippen molar-refractivity contribution in [1.82, 2.24) is 5.32 Å². The SMILES string of the molecule is C[C@@H]1CCS(=O)(=O)c2ccc(CCCCCCNC(=O)OC(C)(C)C)cc2O1. The predicted octanol–water partition coefficient (Wildman–Crippen LogP) is 4.26. The minimum absolute atomic E-state index is 0.0938. The molecule has 0 saturated heterocycles. The molecule has 7 heteroatoms. The van der Waals surface area contributed by atoms with E-state index in [1.165, 1.54) is 0 Å². The number of rotatable bonds is 7. The van der Waals surface area contributed by atoms with Crippen molar-refractivity contribution < 1.29 is 22.7 Å². The molecule has 0 unspecified atom stereocenters. The Morgan fingerprint density at radius 2 is 1.93 bits per heavy atom. The number of aryl methyl sites for hydroxylation is 1. The number of carbonyl (C=O) groups is 1. The Morgan fingerprint density at radius 1 is 1.21 bits per heavy atom. The molecule has 1 aromatic rings. The summed E-state index contributed by atoms with van der Waals surface area (Å²) < 4.78 is 35.6. The van der Waals surface area contributed by atoms with Crippen LogP contribution in [0.2, 0.25) is 0 Å². The van der Waals surface area contributed by atoms with Crippen LogP contribution in [0.25, 0.3) is 0 Å². The predicted molar refractivity (Wildman–Crippen MR) is 110 cm³/mol. The molecule has 0 bridgehead atoms. The van der Waals surface area contributed by atoms with Crippen LogP contribution in [0.15, 0.2) is 23.1 Å². The van der Waals surface area contributed by atoms with Crippen molar-refractivity contribution >= 4 is 15.9 Å². The summed E-state index contributed by atoms with van der Waals surface area (Å²) >= 11 is 0. The van der Waals surface area contributed by atoms with Gasteiger partial charge in [0.25, 0.3) is 0 Å². The first-order valence-electron chi connectivity index (χ1n) is 10.1. The van der Waals surface area contributed by atoms with Gasteiger partial charge in [0.2, 0.25) is 0 Å². The van der Waals surface area contributed by atoms with Crippen LogP contribution < -0.4 is 10.1 Å². The van der Waals surface area contributed by atoms with Crippen LogP contribution in [0.5, 0.6) is 5.75 Å². The zero-order valence-corrected chi connectivity index (χ0v) is 18.2. The zero-order valence-electron chi connectivity index (χ0n) is 17.4. The summed E-state index contributed by atoms with van der Waals surface area (Å²) in [5.74, 6) is 0.627. The maximum atomic E-state index is 12.3. The van der Waals surface area contributed by atoms with Gasteiger partial charge in [0.1, 0.15) is 16.2 Å². The number of sulfone groups is 1. The molecule has 0 spiro atoms. The largest absolute Gasteiger partial charge is 0.489 e. The van der Waals surface area contributed by atoms with Gasteiger partial charge in [-0.25, -0.2) is 13.2 Å². The summed E-state index contributed by atoms with van der Waals surface area (Å²) in [5, 5.41) is 2.77. The van der Waals surface area contributed by atoms with Crippen LogP contribution in [0.1, 0.15) is 65.4 Å². The second-order valence-electron chi connectivity index (χ2n) is 8.41. The lowest BCUT2D eigenvalue weighted by Gasteiger charge is -2.19. The van der Waals surface area contributed by atoms with E-state index in [4.69, 9.17) is 9.47 Å². The molecule has 0 aromatic heterocycles. The van der Waals surface area contributed by atoms with Gasteiger partial charge in [0.15, 0.2) is 9.84 Å². The van der Waals surface area contributed by atoms with Gasteiger partial charge in [-0.15, -0.1) is 0 Å². The number of hydrogen-bond donors (Lipinski definition) is 1. The van der Waals surface area contributed by atoms with Gasteiger partial charge < -0.3 is 14.8 Å². The highest BCUT2D eigenvalue weighted by Crippen LogP contribution is 2.31. The quantitative estimate of drug-likeness (QED) is 0.678. The standard InChI is InChI=1S/C21H33NO5S/c1-16-12-14-28(24,25)19-11-10-17(15-18(19)26-16)9-7-5-6-8-13-22-20(23)27-21(2,3)4/h10-11,15-16H,5-9,12-14H2,1-4H3,(H,22,23)/t16-/m1/s1. The highest BCUT2D eigenvalue weighted by Gasteiger charge is 2.26. The Bertz CT molecular complexity index is 767. The van der Waals surface area contributed by atoms with Crippen molar-refractivity contribution in [2.24, 2.45) is 0 Å². The highest BCUT2D eigenvalue weighted by atomic mass is 32.2. The van der Waals surface area contributed by atoms with E-state index in [1.54, 1.807) is 6.07 Å². The maximum Gasteiger partial charge on any atom is 0.407 e. The van der Waals surface area contributed by atoms with E-state index in [0.717, 1.165) is 37.7 Å². The van der Waals surface area contributed by atoms with Crippen LogP contribution in [0, 0.1) is 0 Å². The first-order valence-corrected chi connectivity index (χ1v) is 11.7. The molecule has 28 heavy (non-hydrogen) atoms. The highest BCUT2D eigenvalue weighted by molar-refractivity contribution is 7.91. The van der Waals surface area contributed by atoms with Crippen LogP contribution in [0.4, 0.5) is 4.79 Å². The summed E-state index contributed by atoms with van der Waals surface area (Å²) in [6.45, 7) is 8.04. The van der Waals surface area contributed by atoms with E-state index in [2.05, 4.69) is 5.32 Å². The monoisotopic (exact) mass is 411 g/mol. The lowest BCUT2D eigenvalue weighted by Crippen LogP contribution is -2.32. The first kappa shape index (κ1) is 22.5. The Kier molecular flexibility index (Phi) is 7.75. The van der Waals surface area contributed by atoms with Crippen molar-refractivity contribution in [2.75, 3.05) is 12.3 Å². The lowest BCUT2D eigenvalue weighted by molar-refractivity contribution is 0.0527. The number of ether oxygens (including phenoxy) is 2. The number of fused-ring (bicyclic) bond motifs is 1. The topological polar surface area (TPSA) is 81.7 Å². The molecule has 0 radical (unpaired) electrons. The van der Waals surface area contributed by atoms with Crippen LogP contribution in [0.3, 0.4) is 0 Å². The number of hydrogen-bond acceptors (Lipinski definition) is 5. The van der Waals surface area contributed by atoms with E-state index in [9.17, 15) is 13.2 Å². The fourth-order valence-corrected chi connectivity index (χ4v) is 4.63. The maximum absolute atomic E-state index is 12.3. The molecule has 1 aliphatic rings. The van der Waals surface area contributed by atoms with Crippen LogP contribution >= 0.6 is 0 Å². The van der Waals surface area contributed by atoms with E-state index in [0.29, 0.717) is 23.6 Å². The summed E-state index contributed by atoms with van der Waals surface area (Å²) in [6.07, 6.45) is 4.90. The van der Waals surface area contributed by atoms with E-state index < -0.39 is 15.4 Å². The minimum Gasteiger partial charge on any atom is -0.489 e. The molecule has 2 rings (SSSR count). The molecule has 158 valence electrons. The number of benzene rings is 1. The third kappa shape index (κ3) is 7.34. The Morgan fingerprint density at radius 3 is 2.64 bits per heavy atom. The first-order chi connectivity index (χ1) is 13.1. The van der Waals surface area contributed by atoms with Crippen molar-refractivity contribution in [2.45, 2.75) is 82.8 Å². The Hall–Kier alpha value is -1.76. The third-order valence-corrected chi connectivity index (χ3v) is 6.31. The minimum atomic E-state index is -3.25. The normalized spacial score (nSPS) is 18.5. The van der Waals surface area contributed by atoms with E-state index in [1.807, 2.05) is 39.8 Å². The molecular weight excluding hydrogens is 378 g/mol. The molecule has 1 heterocycles. The van der Waals surface area contributed by atoms with E-state index >= 15 is 0 Å². The van der Waals surface area contributed by atoms with Crippen molar-refractivity contribution in [3.8, 4) is 5.75 Å². The van der Waals surface area contributed by atoms with Crippen molar-refractivity contribution in [1.29, 1.82) is 0 Å². The molecule has 1 aromatic carbocycles.